The second-order valence-corrected chi connectivity index (χ2v) is 3.86. The highest BCUT2D eigenvalue weighted by Crippen LogP contribution is 2.19. The minimum atomic E-state index is -0.104. The molecule has 0 aliphatic heterocycles. The maximum absolute atomic E-state index is 11.3. The monoisotopic (exact) mass is 206 g/mol. The number of hydrogen-bond acceptors (Lipinski definition) is 1. The average molecular weight is 206 g/mol. The molecule has 0 unspecified atom stereocenters. The van der Waals surface area contributed by atoms with Crippen molar-refractivity contribution in [2.75, 3.05) is 19.0 Å². The Labute approximate surface area is 91.1 Å². The molecule has 0 aliphatic carbocycles. The quantitative estimate of drug-likeness (QED) is 0.792. The molecule has 0 aromatic heterocycles. The van der Waals surface area contributed by atoms with Crippen molar-refractivity contribution < 1.29 is 4.79 Å². The minimum Gasteiger partial charge on any atom is -0.341 e. The van der Waals surface area contributed by atoms with Crippen LogP contribution >= 0.6 is 0 Å². The molecule has 0 bridgehead atoms. The molecule has 0 saturated carbocycles. The van der Waals surface area contributed by atoms with Crippen LogP contribution in [0.4, 0.5) is 10.5 Å². The zero-order valence-electron chi connectivity index (χ0n) is 9.74. The van der Waals surface area contributed by atoms with E-state index in [1.807, 2.05) is 12.1 Å². The molecule has 1 N–H and O–H groups in total. The summed E-state index contributed by atoms with van der Waals surface area (Å²) < 4.78 is 0. The van der Waals surface area contributed by atoms with Crippen molar-refractivity contribution in [3.63, 3.8) is 0 Å². The Morgan fingerprint density at radius 2 is 1.80 bits per heavy atom. The van der Waals surface area contributed by atoms with Gasteiger partial charge in [0.2, 0.25) is 0 Å². The molecule has 2 amide bonds. The van der Waals surface area contributed by atoms with E-state index in [0.29, 0.717) is 5.92 Å². The Bertz CT molecular complexity index is 330. The van der Waals surface area contributed by atoms with Gasteiger partial charge in [-0.25, -0.2) is 4.79 Å². The fraction of sp³-hybridized carbons (Fsp3) is 0.417. The summed E-state index contributed by atoms with van der Waals surface area (Å²) in [5, 5.41) is 2.59. The van der Waals surface area contributed by atoms with Crippen LogP contribution < -0.4 is 10.2 Å². The lowest BCUT2D eigenvalue weighted by atomic mass is 10.0. The van der Waals surface area contributed by atoms with E-state index < -0.39 is 0 Å². The molecule has 82 valence electrons. The second kappa shape index (κ2) is 4.82. The van der Waals surface area contributed by atoms with Gasteiger partial charge in [-0.2, -0.15) is 0 Å². The van der Waals surface area contributed by atoms with E-state index in [9.17, 15) is 4.79 Å². The van der Waals surface area contributed by atoms with E-state index in [2.05, 4.69) is 31.3 Å². The molecule has 1 aromatic rings. The Kier molecular flexibility index (Phi) is 3.72. The van der Waals surface area contributed by atoms with Gasteiger partial charge in [0.25, 0.3) is 0 Å². The number of nitrogens with one attached hydrogen (secondary N) is 1. The molecular weight excluding hydrogens is 188 g/mol. The molecule has 0 atom stereocenters. The SMILES string of the molecule is CNC(=O)N(C)c1ccc(C(C)C)cc1. The van der Waals surface area contributed by atoms with Crippen molar-refractivity contribution in [1.29, 1.82) is 0 Å². The van der Waals surface area contributed by atoms with Crippen LogP contribution in [0, 0.1) is 0 Å². The Morgan fingerprint density at radius 3 is 2.20 bits per heavy atom. The normalized spacial score (nSPS) is 10.2. The van der Waals surface area contributed by atoms with Crippen molar-refractivity contribution in [3.05, 3.63) is 29.8 Å². The number of benzene rings is 1. The molecule has 0 spiro atoms. The molecule has 0 fully saturated rings. The van der Waals surface area contributed by atoms with Crippen molar-refractivity contribution >= 4 is 11.7 Å². The summed E-state index contributed by atoms with van der Waals surface area (Å²) >= 11 is 0. The number of carbonyl (C=O) groups excluding carboxylic acids is 1. The highest BCUT2D eigenvalue weighted by Gasteiger charge is 2.08. The van der Waals surface area contributed by atoms with Crippen LogP contribution in [0.5, 0.6) is 0 Å². The van der Waals surface area contributed by atoms with Gasteiger partial charge in [0.15, 0.2) is 0 Å². The number of rotatable bonds is 2. The first-order valence-electron chi connectivity index (χ1n) is 5.11. The van der Waals surface area contributed by atoms with Crippen LogP contribution in [0.2, 0.25) is 0 Å². The number of hydrogen-bond donors (Lipinski definition) is 1. The predicted octanol–water partition coefficient (Wildman–Crippen LogP) is 2.59. The number of anilines is 1. The van der Waals surface area contributed by atoms with Gasteiger partial charge in [-0.05, 0) is 23.6 Å². The van der Waals surface area contributed by atoms with Crippen LogP contribution in [0.25, 0.3) is 0 Å². The average Bonchev–Trinajstić information content (AvgIpc) is 2.27. The highest BCUT2D eigenvalue weighted by atomic mass is 16.2. The first kappa shape index (κ1) is 11.6. The first-order chi connectivity index (χ1) is 7.06. The Morgan fingerprint density at radius 1 is 1.27 bits per heavy atom. The smallest absolute Gasteiger partial charge is 0.321 e. The summed E-state index contributed by atoms with van der Waals surface area (Å²) in [6, 6.07) is 7.93. The number of amides is 2. The predicted molar refractivity (Wildman–Crippen MR) is 63.4 cm³/mol. The van der Waals surface area contributed by atoms with Crippen molar-refractivity contribution in [3.8, 4) is 0 Å². The summed E-state index contributed by atoms with van der Waals surface area (Å²) in [6.45, 7) is 4.30. The third-order valence-corrected chi connectivity index (χ3v) is 2.47. The Hall–Kier alpha value is -1.51. The number of carbonyl (C=O) groups is 1. The minimum absolute atomic E-state index is 0.104. The van der Waals surface area contributed by atoms with Gasteiger partial charge in [-0.1, -0.05) is 26.0 Å². The Balaban J connectivity index is 2.84. The van der Waals surface area contributed by atoms with Gasteiger partial charge >= 0.3 is 6.03 Å². The van der Waals surface area contributed by atoms with Crippen molar-refractivity contribution in [2.24, 2.45) is 0 Å². The maximum atomic E-state index is 11.3. The van der Waals surface area contributed by atoms with Crippen LogP contribution in [0.3, 0.4) is 0 Å². The lowest BCUT2D eigenvalue weighted by Crippen LogP contribution is -2.34. The molecular formula is C12H18N2O. The van der Waals surface area contributed by atoms with Crippen LogP contribution in [-0.2, 0) is 0 Å². The molecule has 0 saturated heterocycles. The zero-order valence-corrected chi connectivity index (χ0v) is 9.74. The van der Waals surface area contributed by atoms with Crippen LogP contribution in [0.15, 0.2) is 24.3 Å². The van der Waals surface area contributed by atoms with Gasteiger partial charge in [0.1, 0.15) is 0 Å². The maximum Gasteiger partial charge on any atom is 0.321 e. The van der Waals surface area contributed by atoms with E-state index in [0.717, 1.165) is 5.69 Å². The number of urea groups is 1. The van der Waals surface area contributed by atoms with Crippen LogP contribution in [-0.4, -0.2) is 20.1 Å². The molecule has 1 aromatic carbocycles. The summed E-state index contributed by atoms with van der Waals surface area (Å²) in [7, 11) is 3.38. The van der Waals surface area contributed by atoms with Gasteiger partial charge in [-0.3, -0.25) is 4.90 Å². The topological polar surface area (TPSA) is 32.3 Å². The fourth-order valence-electron chi connectivity index (χ4n) is 1.37. The van der Waals surface area contributed by atoms with E-state index in [1.54, 1.807) is 19.0 Å². The van der Waals surface area contributed by atoms with E-state index in [4.69, 9.17) is 0 Å². The van der Waals surface area contributed by atoms with Crippen LogP contribution in [0.1, 0.15) is 25.3 Å². The molecule has 3 heteroatoms. The molecule has 0 aliphatic rings. The van der Waals surface area contributed by atoms with Crippen molar-refractivity contribution in [1.82, 2.24) is 5.32 Å². The molecule has 0 heterocycles. The van der Waals surface area contributed by atoms with Crippen molar-refractivity contribution in [2.45, 2.75) is 19.8 Å². The first-order valence-corrected chi connectivity index (χ1v) is 5.11. The molecule has 15 heavy (non-hydrogen) atoms. The van der Waals surface area contributed by atoms with Gasteiger partial charge in [-0.15, -0.1) is 0 Å². The number of nitrogens with zero attached hydrogens (tertiary/aromatic N) is 1. The summed E-state index contributed by atoms with van der Waals surface area (Å²) in [6.07, 6.45) is 0. The van der Waals surface area contributed by atoms with E-state index in [1.165, 1.54) is 5.56 Å². The molecule has 1 rings (SSSR count). The molecule has 3 nitrogen and oxygen atoms in total. The third kappa shape index (κ3) is 2.72. The summed E-state index contributed by atoms with van der Waals surface area (Å²) in [5.41, 5.74) is 2.18. The fourth-order valence-corrected chi connectivity index (χ4v) is 1.37. The zero-order chi connectivity index (χ0) is 11.4. The summed E-state index contributed by atoms with van der Waals surface area (Å²) in [5.74, 6) is 0.518. The summed E-state index contributed by atoms with van der Waals surface area (Å²) in [4.78, 5) is 12.9. The van der Waals surface area contributed by atoms with E-state index in [-0.39, 0.29) is 6.03 Å². The highest BCUT2D eigenvalue weighted by molar-refractivity contribution is 5.91. The third-order valence-electron chi connectivity index (χ3n) is 2.47. The van der Waals surface area contributed by atoms with Gasteiger partial charge < -0.3 is 5.32 Å². The second-order valence-electron chi connectivity index (χ2n) is 3.86. The largest absolute Gasteiger partial charge is 0.341 e. The standard InChI is InChI=1S/C12H18N2O/c1-9(2)10-5-7-11(8-6-10)14(4)12(15)13-3/h5-9H,1-4H3,(H,13,15). The lowest BCUT2D eigenvalue weighted by molar-refractivity contribution is 0.249. The molecule has 0 radical (unpaired) electrons. The van der Waals surface area contributed by atoms with Gasteiger partial charge in [0.05, 0.1) is 0 Å². The van der Waals surface area contributed by atoms with E-state index >= 15 is 0 Å². The van der Waals surface area contributed by atoms with Gasteiger partial charge in [0, 0.05) is 19.8 Å². The lowest BCUT2D eigenvalue weighted by Gasteiger charge is -2.17.